The molecule has 2 atom stereocenters. The molecule has 2 aliphatic rings. The van der Waals surface area contributed by atoms with Gasteiger partial charge in [-0.25, -0.2) is 0 Å². The molecule has 2 N–H and O–H groups in total. The first kappa shape index (κ1) is 14.1. The summed E-state index contributed by atoms with van der Waals surface area (Å²) in [7, 11) is 0. The molecule has 2 unspecified atom stereocenters. The van der Waals surface area contributed by atoms with Gasteiger partial charge in [0.25, 0.3) is 0 Å². The quantitative estimate of drug-likeness (QED) is 0.867. The first-order valence-electron chi connectivity index (χ1n) is 7.51. The third-order valence-electron chi connectivity index (χ3n) is 4.48. The van der Waals surface area contributed by atoms with E-state index in [1.807, 2.05) is 25.1 Å². The minimum atomic E-state index is 0.0342. The number of hydrogen-bond acceptors (Lipinski definition) is 3. The number of nitrogens with one attached hydrogen (secondary N) is 2. The lowest BCUT2D eigenvalue weighted by atomic mass is 10.0. The maximum absolute atomic E-state index is 12.3. The van der Waals surface area contributed by atoms with Crippen LogP contribution in [0.5, 0.6) is 0 Å². The standard InChI is InChI=1S/C16H21N3O2/c1-10-14(5-7-17-10)16(21)18-13-3-4-15-12(9-13)6-8-19(15)11(2)20/h3-4,9-10,14,17H,5-8H2,1-2H3,(H,18,21). The molecule has 21 heavy (non-hydrogen) atoms. The molecule has 5 nitrogen and oxygen atoms in total. The van der Waals surface area contributed by atoms with Crippen molar-refractivity contribution >= 4 is 23.2 Å². The van der Waals surface area contributed by atoms with Gasteiger partial charge in [0.2, 0.25) is 11.8 Å². The highest BCUT2D eigenvalue weighted by Crippen LogP contribution is 2.30. The van der Waals surface area contributed by atoms with Crippen molar-refractivity contribution in [1.29, 1.82) is 0 Å². The molecule has 1 saturated heterocycles. The van der Waals surface area contributed by atoms with Gasteiger partial charge >= 0.3 is 0 Å². The van der Waals surface area contributed by atoms with E-state index in [0.717, 1.165) is 42.9 Å². The summed E-state index contributed by atoms with van der Waals surface area (Å²) in [4.78, 5) is 25.6. The van der Waals surface area contributed by atoms with E-state index in [1.165, 1.54) is 0 Å². The monoisotopic (exact) mass is 287 g/mol. The zero-order valence-corrected chi connectivity index (χ0v) is 12.5. The van der Waals surface area contributed by atoms with Gasteiger partial charge in [0.1, 0.15) is 0 Å². The predicted octanol–water partition coefficient (Wildman–Crippen LogP) is 1.53. The Bertz CT molecular complexity index is 585. The second kappa shape index (κ2) is 5.48. The zero-order valence-electron chi connectivity index (χ0n) is 12.5. The van der Waals surface area contributed by atoms with Gasteiger partial charge in [-0.2, -0.15) is 0 Å². The van der Waals surface area contributed by atoms with Crippen molar-refractivity contribution < 1.29 is 9.59 Å². The van der Waals surface area contributed by atoms with Crippen LogP contribution in [0.15, 0.2) is 18.2 Å². The fraction of sp³-hybridized carbons (Fsp3) is 0.500. The average molecular weight is 287 g/mol. The molecular weight excluding hydrogens is 266 g/mol. The van der Waals surface area contributed by atoms with Gasteiger partial charge in [-0.3, -0.25) is 9.59 Å². The molecule has 3 rings (SSSR count). The Morgan fingerprint density at radius 2 is 2.19 bits per heavy atom. The average Bonchev–Trinajstić information content (AvgIpc) is 3.04. The van der Waals surface area contributed by atoms with Crippen LogP contribution in [0.2, 0.25) is 0 Å². The molecule has 2 heterocycles. The smallest absolute Gasteiger partial charge is 0.229 e. The Balaban J connectivity index is 1.73. The van der Waals surface area contributed by atoms with Crippen molar-refractivity contribution in [3.8, 4) is 0 Å². The van der Waals surface area contributed by atoms with E-state index < -0.39 is 0 Å². The molecule has 112 valence electrons. The summed E-state index contributed by atoms with van der Waals surface area (Å²) in [5.74, 6) is 0.178. The summed E-state index contributed by atoms with van der Waals surface area (Å²) < 4.78 is 0. The van der Waals surface area contributed by atoms with Crippen LogP contribution in [0.4, 0.5) is 11.4 Å². The van der Waals surface area contributed by atoms with Crippen molar-refractivity contribution in [2.24, 2.45) is 5.92 Å². The molecule has 0 spiro atoms. The van der Waals surface area contributed by atoms with Crippen LogP contribution in [-0.2, 0) is 16.0 Å². The summed E-state index contributed by atoms with van der Waals surface area (Å²) >= 11 is 0. The molecule has 1 aromatic carbocycles. The van der Waals surface area contributed by atoms with Gasteiger partial charge in [-0.1, -0.05) is 0 Å². The molecule has 0 aliphatic carbocycles. The number of amides is 2. The van der Waals surface area contributed by atoms with E-state index in [2.05, 4.69) is 10.6 Å². The van der Waals surface area contributed by atoms with E-state index >= 15 is 0 Å². The lowest BCUT2D eigenvalue weighted by Crippen LogP contribution is -2.32. The van der Waals surface area contributed by atoms with Crippen molar-refractivity contribution in [3.05, 3.63) is 23.8 Å². The molecule has 0 radical (unpaired) electrons. The van der Waals surface area contributed by atoms with E-state index in [-0.39, 0.29) is 23.8 Å². The molecule has 1 fully saturated rings. The summed E-state index contributed by atoms with van der Waals surface area (Å²) in [6.45, 7) is 5.26. The van der Waals surface area contributed by atoms with Crippen molar-refractivity contribution in [2.75, 3.05) is 23.3 Å². The van der Waals surface area contributed by atoms with E-state index in [1.54, 1.807) is 11.8 Å². The second-order valence-electron chi connectivity index (χ2n) is 5.89. The van der Waals surface area contributed by atoms with Crippen LogP contribution < -0.4 is 15.5 Å². The lowest BCUT2D eigenvalue weighted by molar-refractivity contribution is -0.120. The topological polar surface area (TPSA) is 61.4 Å². The van der Waals surface area contributed by atoms with E-state index in [9.17, 15) is 9.59 Å². The fourth-order valence-electron chi connectivity index (χ4n) is 3.26. The van der Waals surface area contributed by atoms with E-state index in [4.69, 9.17) is 0 Å². The van der Waals surface area contributed by atoms with E-state index in [0.29, 0.717) is 0 Å². The molecule has 0 bridgehead atoms. The third kappa shape index (κ3) is 2.65. The van der Waals surface area contributed by atoms with Crippen molar-refractivity contribution in [1.82, 2.24) is 5.32 Å². The number of anilines is 2. The first-order valence-corrected chi connectivity index (χ1v) is 7.51. The van der Waals surface area contributed by atoms with Crippen LogP contribution >= 0.6 is 0 Å². The maximum atomic E-state index is 12.3. The fourth-order valence-corrected chi connectivity index (χ4v) is 3.26. The van der Waals surface area contributed by atoms with Crippen LogP contribution in [-0.4, -0.2) is 30.9 Å². The van der Waals surface area contributed by atoms with Gasteiger partial charge in [0.15, 0.2) is 0 Å². The van der Waals surface area contributed by atoms with Crippen LogP contribution in [0, 0.1) is 5.92 Å². The lowest BCUT2D eigenvalue weighted by Gasteiger charge is -2.17. The summed E-state index contributed by atoms with van der Waals surface area (Å²) in [6, 6.07) is 6.02. The predicted molar refractivity (Wildman–Crippen MR) is 82.4 cm³/mol. The minimum Gasteiger partial charge on any atom is -0.326 e. The second-order valence-corrected chi connectivity index (χ2v) is 5.89. The van der Waals surface area contributed by atoms with Gasteiger partial charge in [0, 0.05) is 30.9 Å². The molecule has 0 saturated carbocycles. The Hall–Kier alpha value is -1.88. The molecular formula is C16H21N3O2. The maximum Gasteiger partial charge on any atom is 0.229 e. The molecule has 2 aliphatic heterocycles. The molecule has 5 heteroatoms. The summed E-state index contributed by atoms with van der Waals surface area (Å²) in [5, 5.41) is 6.30. The Morgan fingerprint density at radius 3 is 2.86 bits per heavy atom. The normalized spacial score (nSPS) is 24.0. The number of carbonyl (C=O) groups is 2. The minimum absolute atomic E-state index is 0.0342. The largest absolute Gasteiger partial charge is 0.326 e. The number of nitrogens with zero attached hydrogens (tertiary/aromatic N) is 1. The van der Waals surface area contributed by atoms with Gasteiger partial charge in [0.05, 0.1) is 5.92 Å². The van der Waals surface area contributed by atoms with Gasteiger partial charge in [-0.15, -0.1) is 0 Å². The number of rotatable bonds is 2. The van der Waals surface area contributed by atoms with Crippen LogP contribution in [0.3, 0.4) is 0 Å². The SMILES string of the molecule is CC(=O)N1CCc2cc(NC(=O)C3CCNC3C)ccc21. The highest BCUT2D eigenvalue weighted by Gasteiger charge is 2.29. The Morgan fingerprint density at radius 1 is 1.38 bits per heavy atom. The number of carbonyl (C=O) groups excluding carboxylic acids is 2. The highest BCUT2D eigenvalue weighted by molar-refractivity contribution is 5.96. The first-order chi connectivity index (χ1) is 10.1. The van der Waals surface area contributed by atoms with Gasteiger partial charge < -0.3 is 15.5 Å². The highest BCUT2D eigenvalue weighted by atomic mass is 16.2. The van der Waals surface area contributed by atoms with Crippen molar-refractivity contribution in [3.63, 3.8) is 0 Å². The summed E-state index contributed by atoms with van der Waals surface area (Å²) in [5.41, 5.74) is 2.92. The number of fused-ring (bicyclic) bond motifs is 1. The van der Waals surface area contributed by atoms with Gasteiger partial charge in [-0.05, 0) is 50.1 Å². The number of hydrogen-bond donors (Lipinski definition) is 2. The summed E-state index contributed by atoms with van der Waals surface area (Å²) in [6.07, 6.45) is 1.73. The van der Waals surface area contributed by atoms with Crippen LogP contribution in [0.1, 0.15) is 25.8 Å². The van der Waals surface area contributed by atoms with Crippen molar-refractivity contribution in [2.45, 2.75) is 32.7 Å². The molecule has 0 aromatic heterocycles. The Labute approximate surface area is 124 Å². The molecule has 1 aromatic rings. The molecule has 2 amide bonds. The third-order valence-corrected chi connectivity index (χ3v) is 4.48. The number of benzene rings is 1. The van der Waals surface area contributed by atoms with Crippen LogP contribution in [0.25, 0.3) is 0 Å². The zero-order chi connectivity index (χ0) is 15.0. The Kier molecular flexibility index (Phi) is 3.68.